The fourth-order valence-electron chi connectivity index (χ4n) is 3.43. The van der Waals surface area contributed by atoms with Crippen molar-refractivity contribution in [3.05, 3.63) is 54.6 Å². The lowest BCUT2D eigenvalue weighted by molar-refractivity contribution is -0.122. The van der Waals surface area contributed by atoms with Gasteiger partial charge in [-0.25, -0.2) is 4.98 Å². The van der Waals surface area contributed by atoms with Gasteiger partial charge in [-0.15, -0.1) is 0 Å². The summed E-state index contributed by atoms with van der Waals surface area (Å²) in [6.45, 7) is 6.74. The molecule has 1 unspecified atom stereocenters. The van der Waals surface area contributed by atoms with Crippen molar-refractivity contribution >= 4 is 22.9 Å². The Hall–Kier alpha value is -2.90. The molecule has 4 rings (SSSR count). The predicted octanol–water partition coefficient (Wildman–Crippen LogP) is 2.77. The molecule has 1 fully saturated rings. The van der Waals surface area contributed by atoms with E-state index in [1.807, 2.05) is 54.6 Å². The largest absolute Gasteiger partial charge is 0.481 e. The van der Waals surface area contributed by atoms with Gasteiger partial charge in [0.2, 0.25) is 5.95 Å². The van der Waals surface area contributed by atoms with Crippen LogP contribution in [0, 0.1) is 0 Å². The third-order valence-corrected chi connectivity index (χ3v) is 5.06. The van der Waals surface area contributed by atoms with Crippen LogP contribution in [0.2, 0.25) is 0 Å². The van der Waals surface area contributed by atoms with Crippen LogP contribution in [0.25, 0.3) is 11.0 Å². The van der Waals surface area contributed by atoms with Gasteiger partial charge in [-0.05, 0) is 31.2 Å². The Kier molecular flexibility index (Phi) is 6.07. The average Bonchev–Trinajstić information content (AvgIpc) is 3.10. The second kappa shape index (κ2) is 9.07. The highest BCUT2D eigenvalue weighted by molar-refractivity contribution is 5.94. The number of nitrogens with one attached hydrogen (secondary N) is 1. The van der Waals surface area contributed by atoms with Crippen LogP contribution in [-0.2, 0) is 16.1 Å². The van der Waals surface area contributed by atoms with Crippen LogP contribution < -0.4 is 10.1 Å². The van der Waals surface area contributed by atoms with E-state index in [0.717, 1.165) is 50.4 Å². The number of para-hydroxylation sites is 3. The van der Waals surface area contributed by atoms with Crippen LogP contribution in [0.3, 0.4) is 0 Å². The van der Waals surface area contributed by atoms with Gasteiger partial charge in [0.1, 0.15) is 5.75 Å². The van der Waals surface area contributed by atoms with Gasteiger partial charge >= 0.3 is 0 Å². The maximum absolute atomic E-state index is 12.7. The fraction of sp³-hybridized carbons (Fsp3) is 0.364. The number of carbonyl (C=O) groups is 1. The van der Waals surface area contributed by atoms with Crippen molar-refractivity contribution < 1.29 is 14.3 Å². The standard InChI is InChI=1S/C22H26N4O3/c1-17(29-18-7-3-2-4-8-18)21(27)24-22-23-19-9-5-6-10-20(19)26(22)12-11-25-13-15-28-16-14-25/h2-10,17H,11-16H2,1H3,(H,23,24,27). The first-order chi connectivity index (χ1) is 14.2. The molecule has 2 aromatic carbocycles. The minimum absolute atomic E-state index is 0.225. The van der Waals surface area contributed by atoms with Gasteiger partial charge < -0.3 is 14.0 Å². The third kappa shape index (κ3) is 4.75. The van der Waals surface area contributed by atoms with Crippen molar-refractivity contribution in [2.24, 2.45) is 0 Å². The Morgan fingerprint density at radius 3 is 2.62 bits per heavy atom. The summed E-state index contributed by atoms with van der Waals surface area (Å²) in [4.78, 5) is 19.7. The molecule has 152 valence electrons. The van der Waals surface area contributed by atoms with Gasteiger partial charge in [-0.3, -0.25) is 15.0 Å². The molecule has 0 radical (unpaired) electrons. The van der Waals surface area contributed by atoms with Crippen molar-refractivity contribution in [1.29, 1.82) is 0 Å². The van der Waals surface area contributed by atoms with Gasteiger partial charge in [0, 0.05) is 26.2 Å². The quantitative estimate of drug-likeness (QED) is 0.667. The summed E-state index contributed by atoms with van der Waals surface area (Å²) < 4.78 is 13.2. The number of anilines is 1. The number of hydrogen-bond donors (Lipinski definition) is 1. The molecule has 1 amide bonds. The third-order valence-electron chi connectivity index (χ3n) is 5.06. The summed E-state index contributed by atoms with van der Waals surface area (Å²) in [5.74, 6) is 0.987. The number of rotatable bonds is 7. The number of amides is 1. The van der Waals surface area contributed by atoms with E-state index in [1.165, 1.54) is 0 Å². The van der Waals surface area contributed by atoms with Crippen LogP contribution in [-0.4, -0.2) is 59.3 Å². The highest BCUT2D eigenvalue weighted by Crippen LogP contribution is 2.20. The molecule has 1 aromatic heterocycles. The molecule has 7 heteroatoms. The molecule has 1 aliphatic heterocycles. The predicted molar refractivity (Wildman–Crippen MR) is 112 cm³/mol. The average molecular weight is 394 g/mol. The van der Waals surface area contributed by atoms with E-state index in [1.54, 1.807) is 6.92 Å². The van der Waals surface area contributed by atoms with Crippen LogP contribution in [0.15, 0.2) is 54.6 Å². The molecule has 1 atom stereocenters. The summed E-state index contributed by atoms with van der Waals surface area (Å²) in [6, 6.07) is 17.3. The molecular weight excluding hydrogens is 368 g/mol. The van der Waals surface area contributed by atoms with Gasteiger partial charge in [0.05, 0.1) is 24.2 Å². The minimum atomic E-state index is -0.634. The molecule has 1 N–H and O–H groups in total. The zero-order valence-corrected chi connectivity index (χ0v) is 16.6. The Labute approximate surface area is 170 Å². The molecule has 0 aliphatic carbocycles. The van der Waals surface area contributed by atoms with Crippen molar-refractivity contribution in [2.75, 3.05) is 38.2 Å². The molecule has 1 saturated heterocycles. The van der Waals surface area contributed by atoms with E-state index in [-0.39, 0.29) is 5.91 Å². The van der Waals surface area contributed by atoms with Crippen molar-refractivity contribution in [3.8, 4) is 5.75 Å². The van der Waals surface area contributed by atoms with E-state index in [4.69, 9.17) is 9.47 Å². The first kappa shape index (κ1) is 19.4. The second-order valence-electron chi connectivity index (χ2n) is 7.09. The molecule has 3 aromatic rings. The number of benzene rings is 2. The maximum atomic E-state index is 12.7. The molecule has 29 heavy (non-hydrogen) atoms. The van der Waals surface area contributed by atoms with E-state index in [0.29, 0.717) is 11.7 Å². The summed E-state index contributed by atoms with van der Waals surface area (Å²) >= 11 is 0. The van der Waals surface area contributed by atoms with Crippen LogP contribution in [0.4, 0.5) is 5.95 Å². The summed E-state index contributed by atoms with van der Waals surface area (Å²) in [7, 11) is 0. The van der Waals surface area contributed by atoms with Crippen LogP contribution >= 0.6 is 0 Å². The molecule has 7 nitrogen and oxygen atoms in total. The second-order valence-corrected chi connectivity index (χ2v) is 7.09. The fourth-order valence-corrected chi connectivity index (χ4v) is 3.43. The summed E-state index contributed by atoms with van der Waals surface area (Å²) in [6.07, 6.45) is -0.634. The van der Waals surface area contributed by atoms with Gasteiger partial charge in [0.15, 0.2) is 6.10 Å². The van der Waals surface area contributed by atoms with Gasteiger partial charge in [-0.1, -0.05) is 30.3 Å². The molecular formula is C22H26N4O3. The lowest BCUT2D eigenvalue weighted by Gasteiger charge is -2.27. The summed E-state index contributed by atoms with van der Waals surface area (Å²) in [5.41, 5.74) is 1.87. The highest BCUT2D eigenvalue weighted by atomic mass is 16.5. The number of imidazole rings is 1. The molecule has 0 bridgehead atoms. The number of aromatic nitrogens is 2. The number of carbonyl (C=O) groups excluding carboxylic acids is 1. The normalized spacial score (nSPS) is 15.9. The Bertz CT molecular complexity index is 951. The molecule has 2 heterocycles. The monoisotopic (exact) mass is 394 g/mol. The first-order valence-corrected chi connectivity index (χ1v) is 9.98. The molecule has 0 saturated carbocycles. The van der Waals surface area contributed by atoms with Gasteiger partial charge in [-0.2, -0.15) is 0 Å². The Morgan fingerprint density at radius 2 is 1.83 bits per heavy atom. The zero-order chi connectivity index (χ0) is 20.1. The lowest BCUT2D eigenvalue weighted by Crippen LogP contribution is -2.38. The minimum Gasteiger partial charge on any atom is -0.481 e. The van der Waals surface area contributed by atoms with E-state index >= 15 is 0 Å². The Morgan fingerprint density at radius 1 is 1.10 bits per heavy atom. The maximum Gasteiger partial charge on any atom is 0.267 e. The van der Waals surface area contributed by atoms with Crippen LogP contribution in [0.5, 0.6) is 5.75 Å². The van der Waals surface area contributed by atoms with E-state index in [2.05, 4.69) is 19.8 Å². The molecule has 1 aliphatic rings. The SMILES string of the molecule is CC(Oc1ccccc1)C(=O)Nc1nc2ccccc2n1CCN1CCOCC1. The number of nitrogens with zero attached hydrogens (tertiary/aromatic N) is 3. The van der Waals surface area contributed by atoms with Gasteiger partial charge in [0.25, 0.3) is 5.91 Å². The smallest absolute Gasteiger partial charge is 0.267 e. The number of ether oxygens (including phenoxy) is 2. The van der Waals surface area contributed by atoms with Crippen molar-refractivity contribution in [2.45, 2.75) is 19.6 Å². The Balaban J connectivity index is 1.49. The molecule has 0 spiro atoms. The number of fused-ring (bicyclic) bond motifs is 1. The number of hydrogen-bond acceptors (Lipinski definition) is 5. The van der Waals surface area contributed by atoms with Crippen LogP contribution in [0.1, 0.15) is 6.92 Å². The van der Waals surface area contributed by atoms with Crippen molar-refractivity contribution in [1.82, 2.24) is 14.5 Å². The van der Waals surface area contributed by atoms with E-state index < -0.39 is 6.10 Å². The van der Waals surface area contributed by atoms with E-state index in [9.17, 15) is 4.79 Å². The number of morpholine rings is 1. The highest BCUT2D eigenvalue weighted by Gasteiger charge is 2.20. The topological polar surface area (TPSA) is 68.6 Å². The lowest BCUT2D eigenvalue weighted by atomic mass is 10.3. The first-order valence-electron chi connectivity index (χ1n) is 9.98. The zero-order valence-electron chi connectivity index (χ0n) is 16.6. The van der Waals surface area contributed by atoms with Crippen molar-refractivity contribution in [3.63, 3.8) is 0 Å². The summed E-state index contributed by atoms with van der Waals surface area (Å²) in [5, 5.41) is 2.95.